The molecule has 0 spiro atoms. The van der Waals surface area contributed by atoms with Gasteiger partial charge in [-0.3, -0.25) is 0 Å². The van der Waals surface area contributed by atoms with Crippen LogP contribution < -0.4 is 10.1 Å². The Kier molecular flexibility index (Phi) is 5.11. The second-order valence-corrected chi connectivity index (χ2v) is 5.72. The maximum absolute atomic E-state index is 10.3. The predicted molar refractivity (Wildman–Crippen MR) is 81.2 cm³/mol. The van der Waals surface area contributed by atoms with Crippen LogP contribution in [0, 0.1) is 13.8 Å². The molecule has 0 amide bonds. The number of hydrogen-bond acceptors (Lipinski definition) is 5. The molecule has 0 radical (unpaired) electrons. The van der Waals surface area contributed by atoms with Crippen molar-refractivity contribution in [1.29, 1.82) is 0 Å². The lowest BCUT2D eigenvalue weighted by atomic mass is 10.1. The van der Waals surface area contributed by atoms with Crippen molar-refractivity contribution in [2.75, 3.05) is 13.7 Å². The van der Waals surface area contributed by atoms with Crippen molar-refractivity contribution >= 4 is 11.3 Å². The van der Waals surface area contributed by atoms with E-state index in [0.717, 1.165) is 27.6 Å². The summed E-state index contributed by atoms with van der Waals surface area (Å²) in [6, 6.07) is 5.82. The van der Waals surface area contributed by atoms with Crippen molar-refractivity contribution in [3.63, 3.8) is 0 Å². The van der Waals surface area contributed by atoms with Crippen molar-refractivity contribution < 1.29 is 9.84 Å². The van der Waals surface area contributed by atoms with Gasteiger partial charge in [-0.2, -0.15) is 0 Å². The summed E-state index contributed by atoms with van der Waals surface area (Å²) in [7, 11) is 1.62. The van der Waals surface area contributed by atoms with E-state index in [1.807, 2.05) is 37.4 Å². The van der Waals surface area contributed by atoms with E-state index in [4.69, 9.17) is 4.74 Å². The lowest BCUT2D eigenvalue weighted by Crippen LogP contribution is -2.21. The third-order valence-corrected chi connectivity index (χ3v) is 3.99. The fourth-order valence-corrected chi connectivity index (χ4v) is 2.77. The maximum Gasteiger partial charge on any atom is 0.124 e. The van der Waals surface area contributed by atoms with Gasteiger partial charge in [-0.05, 0) is 26.0 Å². The van der Waals surface area contributed by atoms with Crippen molar-refractivity contribution in [2.45, 2.75) is 26.5 Å². The zero-order valence-electron chi connectivity index (χ0n) is 12.0. The number of rotatable bonds is 6. The van der Waals surface area contributed by atoms with Gasteiger partial charge in [0.25, 0.3) is 0 Å². The molecule has 2 aromatic rings. The first kappa shape index (κ1) is 15.0. The quantitative estimate of drug-likeness (QED) is 0.859. The summed E-state index contributed by atoms with van der Waals surface area (Å²) in [6.07, 6.45) is -0.592. The number of ether oxygens (including phenoxy) is 1. The molecule has 2 N–H and O–H groups in total. The molecule has 1 heterocycles. The number of aromatic nitrogens is 1. The number of methoxy groups -OCH3 is 1. The Morgan fingerprint density at radius 2 is 2.20 bits per heavy atom. The molecule has 2 rings (SSSR count). The smallest absolute Gasteiger partial charge is 0.124 e. The SMILES string of the molecule is COc1ccc(C)cc1C(O)CNCc1nc(C)cs1. The lowest BCUT2D eigenvalue weighted by Gasteiger charge is -2.16. The lowest BCUT2D eigenvalue weighted by molar-refractivity contribution is 0.170. The highest BCUT2D eigenvalue weighted by Gasteiger charge is 2.13. The van der Waals surface area contributed by atoms with Crippen molar-refractivity contribution in [3.05, 3.63) is 45.4 Å². The van der Waals surface area contributed by atoms with Crippen LogP contribution in [0.25, 0.3) is 0 Å². The van der Waals surface area contributed by atoms with Gasteiger partial charge in [-0.25, -0.2) is 4.98 Å². The fraction of sp³-hybridized carbons (Fsp3) is 0.400. The highest BCUT2D eigenvalue weighted by molar-refractivity contribution is 7.09. The van der Waals surface area contributed by atoms with Crippen LogP contribution in [0.1, 0.15) is 27.9 Å². The molecule has 20 heavy (non-hydrogen) atoms. The van der Waals surface area contributed by atoms with Gasteiger partial charge in [0.1, 0.15) is 10.8 Å². The van der Waals surface area contributed by atoms with E-state index < -0.39 is 6.10 Å². The standard InChI is InChI=1S/C15H20N2O2S/c1-10-4-5-14(19-3)12(6-10)13(18)7-16-8-15-17-11(2)9-20-15/h4-6,9,13,16,18H,7-8H2,1-3H3. The van der Waals surface area contributed by atoms with Gasteiger partial charge in [0.2, 0.25) is 0 Å². The number of thiazole rings is 1. The average molecular weight is 292 g/mol. The van der Waals surface area contributed by atoms with Crippen LogP contribution in [0.3, 0.4) is 0 Å². The van der Waals surface area contributed by atoms with Crippen LogP contribution in [-0.2, 0) is 6.54 Å². The first-order valence-corrected chi connectivity index (χ1v) is 7.42. The van der Waals surface area contributed by atoms with Gasteiger partial charge in [-0.1, -0.05) is 11.6 Å². The number of aliphatic hydroxyl groups excluding tert-OH is 1. The minimum Gasteiger partial charge on any atom is -0.496 e. The summed E-state index contributed by atoms with van der Waals surface area (Å²) in [5.74, 6) is 0.718. The Labute approximate surface area is 123 Å². The predicted octanol–water partition coefficient (Wildman–Crippen LogP) is 2.59. The molecule has 1 aromatic carbocycles. The third-order valence-electron chi connectivity index (χ3n) is 3.02. The largest absolute Gasteiger partial charge is 0.496 e. The van der Waals surface area contributed by atoms with E-state index in [0.29, 0.717) is 13.1 Å². The second kappa shape index (κ2) is 6.83. The van der Waals surface area contributed by atoms with E-state index >= 15 is 0 Å². The van der Waals surface area contributed by atoms with E-state index in [1.165, 1.54) is 0 Å². The molecule has 1 atom stereocenters. The summed E-state index contributed by atoms with van der Waals surface area (Å²) < 4.78 is 5.29. The fourth-order valence-electron chi connectivity index (χ4n) is 2.02. The molecule has 4 nitrogen and oxygen atoms in total. The Bertz CT molecular complexity index is 569. The molecule has 1 aromatic heterocycles. The topological polar surface area (TPSA) is 54.4 Å². The molecular formula is C15H20N2O2S. The van der Waals surface area contributed by atoms with E-state index in [9.17, 15) is 5.11 Å². The molecule has 0 aliphatic heterocycles. The van der Waals surface area contributed by atoms with Crippen LogP contribution in [0.5, 0.6) is 5.75 Å². The van der Waals surface area contributed by atoms with Crippen LogP contribution >= 0.6 is 11.3 Å². The van der Waals surface area contributed by atoms with Crippen LogP contribution in [0.2, 0.25) is 0 Å². The van der Waals surface area contributed by atoms with Crippen molar-refractivity contribution in [2.24, 2.45) is 0 Å². The Hall–Kier alpha value is -1.43. The minimum atomic E-state index is -0.592. The van der Waals surface area contributed by atoms with E-state index in [2.05, 4.69) is 10.3 Å². The molecule has 0 aliphatic rings. The Morgan fingerprint density at radius 1 is 1.40 bits per heavy atom. The van der Waals surface area contributed by atoms with Gasteiger partial charge in [-0.15, -0.1) is 11.3 Å². The highest BCUT2D eigenvalue weighted by atomic mass is 32.1. The normalized spacial score (nSPS) is 12.4. The zero-order valence-corrected chi connectivity index (χ0v) is 12.8. The van der Waals surface area contributed by atoms with Gasteiger partial charge < -0.3 is 15.2 Å². The van der Waals surface area contributed by atoms with Crippen LogP contribution in [0.4, 0.5) is 0 Å². The van der Waals surface area contributed by atoms with Crippen molar-refractivity contribution in [3.8, 4) is 5.75 Å². The summed E-state index contributed by atoms with van der Waals surface area (Å²) in [6.45, 7) is 5.12. The first-order valence-electron chi connectivity index (χ1n) is 6.54. The number of benzene rings is 1. The highest BCUT2D eigenvalue weighted by Crippen LogP contribution is 2.25. The summed E-state index contributed by atoms with van der Waals surface area (Å²) in [5, 5.41) is 16.6. The summed E-state index contributed by atoms with van der Waals surface area (Å²) in [5.41, 5.74) is 2.96. The molecular weight excluding hydrogens is 272 g/mol. The molecule has 0 fully saturated rings. The number of hydrogen-bond donors (Lipinski definition) is 2. The average Bonchev–Trinajstić information content (AvgIpc) is 2.84. The van der Waals surface area contributed by atoms with Gasteiger partial charge in [0.15, 0.2) is 0 Å². The molecule has 0 saturated heterocycles. The number of aryl methyl sites for hydroxylation is 2. The van der Waals surface area contributed by atoms with E-state index in [-0.39, 0.29) is 0 Å². The van der Waals surface area contributed by atoms with Crippen LogP contribution in [-0.4, -0.2) is 23.7 Å². The van der Waals surface area contributed by atoms with Gasteiger partial charge in [0.05, 0.1) is 13.2 Å². The summed E-state index contributed by atoms with van der Waals surface area (Å²) >= 11 is 1.63. The third kappa shape index (κ3) is 3.79. The molecule has 0 saturated carbocycles. The number of nitrogens with one attached hydrogen (secondary N) is 1. The van der Waals surface area contributed by atoms with Crippen LogP contribution in [0.15, 0.2) is 23.6 Å². The maximum atomic E-state index is 10.3. The Morgan fingerprint density at radius 3 is 2.85 bits per heavy atom. The first-order chi connectivity index (χ1) is 9.60. The Balaban J connectivity index is 1.94. The van der Waals surface area contributed by atoms with Gasteiger partial charge in [0, 0.05) is 29.7 Å². The number of aliphatic hydroxyl groups is 1. The number of nitrogens with zero attached hydrogens (tertiary/aromatic N) is 1. The molecule has 5 heteroatoms. The molecule has 0 aliphatic carbocycles. The molecule has 108 valence electrons. The zero-order chi connectivity index (χ0) is 14.5. The minimum absolute atomic E-state index is 0.471. The summed E-state index contributed by atoms with van der Waals surface area (Å²) in [4.78, 5) is 4.38. The molecule has 1 unspecified atom stereocenters. The van der Waals surface area contributed by atoms with Crippen molar-refractivity contribution in [1.82, 2.24) is 10.3 Å². The van der Waals surface area contributed by atoms with Gasteiger partial charge >= 0.3 is 0 Å². The second-order valence-electron chi connectivity index (χ2n) is 4.77. The molecule has 0 bridgehead atoms. The van der Waals surface area contributed by atoms with E-state index in [1.54, 1.807) is 18.4 Å². The monoisotopic (exact) mass is 292 g/mol.